The first-order valence-electron chi connectivity index (χ1n) is 9.11. The van der Waals surface area contributed by atoms with Crippen molar-refractivity contribution in [2.45, 2.75) is 33.2 Å². The van der Waals surface area contributed by atoms with E-state index in [2.05, 4.69) is 20.4 Å². The van der Waals surface area contributed by atoms with Crippen molar-refractivity contribution in [1.82, 2.24) is 15.6 Å². The highest BCUT2D eigenvalue weighted by molar-refractivity contribution is 5.95. The molecule has 0 aliphatic heterocycles. The van der Waals surface area contributed by atoms with Gasteiger partial charge in [0.2, 0.25) is 5.91 Å². The lowest BCUT2D eigenvalue weighted by Crippen LogP contribution is -2.30. The van der Waals surface area contributed by atoms with Crippen LogP contribution in [0.15, 0.2) is 36.5 Å². The molecule has 0 spiro atoms. The van der Waals surface area contributed by atoms with Crippen LogP contribution >= 0.6 is 0 Å². The predicted octanol–water partition coefficient (Wildman–Crippen LogP) is 3.36. The molecule has 1 heterocycles. The van der Waals surface area contributed by atoms with E-state index in [0.717, 1.165) is 6.07 Å². The van der Waals surface area contributed by atoms with Gasteiger partial charge in [-0.25, -0.2) is 4.39 Å². The number of hydrogen-bond donors (Lipinski definition) is 2. The minimum absolute atomic E-state index is 0.131. The monoisotopic (exact) mass is 427 g/mol. The fourth-order valence-electron chi connectivity index (χ4n) is 2.52. The second kappa shape index (κ2) is 10.0. The summed E-state index contributed by atoms with van der Waals surface area (Å²) in [5, 5.41) is 5.18. The summed E-state index contributed by atoms with van der Waals surface area (Å²) in [7, 11) is 0. The largest absolute Gasteiger partial charge is 0.573 e. The van der Waals surface area contributed by atoms with Gasteiger partial charge in [0.1, 0.15) is 0 Å². The summed E-state index contributed by atoms with van der Waals surface area (Å²) in [6, 6.07) is 6.34. The number of carbonyl (C=O) groups is 2. The first kappa shape index (κ1) is 23.1. The molecular weight excluding hydrogens is 406 g/mol. The van der Waals surface area contributed by atoms with Crippen molar-refractivity contribution in [3.63, 3.8) is 0 Å². The Kier molecular flexibility index (Phi) is 7.73. The highest BCUT2D eigenvalue weighted by Gasteiger charge is 2.32. The lowest BCUT2D eigenvalue weighted by molar-refractivity contribution is -0.275. The molecule has 2 rings (SSSR count). The van der Waals surface area contributed by atoms with Crippen LogP contribution in [0.4, 0.5) is 17.6 Å². The van der Waals surface area contributed by atoms with Crippen LogP contribution in [0.5, 0.6) is 5.75 Å². The Balaban J connectivity index is 2.04. The van der Waals surface area contributed by atoms with Gasteiger partial charge in [0, 0.05) is 37.2 Å². The number of halogens is 4. The Morgan fingerprint density at radius 3 is 2.53 bits per heavy atom. The van der Waals surface area contributed by atoms with Gasteiger partial charge >= 0.3 is 6.36 Å². The summed E-state index contributed by atoms with van der Waals surface area (Å²) >= 11 is 0. The third kappa shape index (κ3) is 6.71. The van der Waals surface area contributed by atoms with Gasteiger partial charge in [0.05, 0.1) is 11.3 Å². The number of hydrogen-bond acceptors (Lipinski definition) is 4. The van der Waals surface area contributed by atoms with E-state index in [1.54, 1.807) is 19.9 Å². The van der Waals surface area contributed by atoms with E-state index in [9.17, 15) is 27.2 Å². The molecule has 0 saturated carbocycles. The summed E-state index contributed by atoms with van der Waals surface area (Å²) in [4.78, 5) is 28.3. The van der Waals surface area contributed by atoms with Crippen molar-refractivity contribution in [2.24, 2.45) is 5.92 Å². The van der Waals surface area contributed by atoms with Crippen LogP contribution < -0.4 is 15.4 Å². The van der Waals surface area contributed by atoms with Crippen LogP contribution in [-0.4, -0.2) is 29.7 Å². The van der Waals surface area contributed by atoms with Gasteiger partial charge in [0.25, 0.3) is 5.91 Å². The molecule has 0 unspecified atom stereocenters. The summed E-state index contributed by atoms with van der Waals surface area (Å²) in [5.74, 6) is -3.07. The zero-order valence-electron chi connectivity index (χ0n) is 16.3. The van der Waals surface area contributed by atoms with E-state index in [0.29, 0.717) is 12.1 Å². The van der Waals surface area contributed by atoms with Crippen LogP contribution in [0.3, 0.4) is 0 Å². The number of nitrogens with zero attached hydrogens (tertiary/aromatic N) is 1. The fraction of sp³-hybridized carbons (Fsp3) is 0.350. The van der Waals surface area contributed by atoms with Crippen molar-refractivity contribution in [1.29, 1.82) is 0 Å². The van der Waals surface area contributed by atoms with Gasteiger partial charge in [-0.3, -0.25) is 14.6 Å². The number of aromatic nitrogens is 1. The molecule has 2 amide bonds. The van der Waals surface area contributed by atoms with Crippen LogP contribution in [0.1, 0.15) is 35.5 Å². The smallest absolute Gasteiger partial charge is 0.403 e. The molecule has 0 fully saturated rings. The summed E-state index contributed by atoms with van der Waals surface area (Å²) in [5.41, 5.74) is 0.479. The molecule has 0 saturated heterocycles. The van der Waals surface area contributed by atoms with E-state index < -0.39 is 23.8 Å². The summed E-state index contributed by atoms with van der Waals surface area (Å²) < 4.78 is 54.9. The lowest BCUT2D eigenvalue weighted by Gasteiger charge is -2.13. The predicted molar refractivity (Wildman–Crippen MR) is 100 cm³/mol. The maximum absolute atomic E-state index is 14.2. The average molecular weight is 427 g/mol. The number of nitrogens with one attached hydrogen (secondary N) is 2. The standard InChI is InChI=1S/C20H21F4N3O3/c1-12(2)18(28)26-10-8-15-14(6-4-9-25-15)19(29)27-11-13-5-3-7-16(17(13)21)30-20(22,23)24/h3-7,9,12H,8,10-11H2,1-2H3,(H,26,28)(H,27,29). The summed E-state index contributed by atoms with van der Waals surface area (Å²) in [6.07, 6.45) is -3.24. The second-order valence-corrected chi connectivity index (χ2v) is 6.65. The maximum Gasteiger partial charge on any atom is 0.573 e. The molecule has 0 radical (unpaired) electrons. The summed E-state index contributed by atoms with van der Waals surface area (Å²) in [6.45, 7) is 3.43. The number of rotatable bonds is 8. The molecule has 2 aromatic rings. The first-order chi connectivity index (χ1) is 14.1. The first-order valence-corrected chi connectivity index (χ1v) is 9.11. The van der Waals surface area contributed by atoms with E-state index >= 15 is 0 Å². The number of alkyl halides is 3. The average Bonchev–Trinajstić information content (AvgIpc) is 2.67. The van der Waals surface area contributed by atoms with Crippen LogP contribution in [0, 0.1) is 11.7 Å². The van der Waals surface area contributed by atoms with E-state index in [-0.39, 0.29) is 36.0 Å². The number of benzene rings is 1. The Morgan fingerprint density at radius 1 is 1.13 bits per heavy atom. The van der Waals surface area contributed by atoms with Gasteiger partial charge < -0.3 is 15.4 Å². The van der Waals surface area contributed by atoms with Gasteiger partial charge in [0.15, 0.2) is 11.6 Å². The normalized spacial score (nSPS) is 11.3. The zero-order chi connectivity index (χ0) is 22.3. The molecule has 0 bridgehead atoms. The minimum Gasteiger partial charge on any atom is -0.403 e. The van der Waals surface area contributed by atoms with Crippen molar-refractivity contribution < 1.29 is 31.9 Å². The lowest BCUT2D eigenvalue weighted by atomic mass is 10.1. The molecule has 2 N–H and O–H groups in total. The van der Waals surface area contributed by atoms with Gasteiger partial charge in [-0.1, -0.05) is 26.0 Å². The molecule has 6 nitrogen and oxygen atoms in total. The quantitative estimate of drug-likeness (QED) is 0.633. The number of pyridine rings is 1. The highest BCUT2D eigenvalue weighted by atomic mass is 19.4. The molecule has 0 atom stereocenters. The molecule has 1 aromatic carbocycles. The Morgan fingerprint density at radius 2 is 1.87 bits per heavy atom. The topological polar surface area (TPSA) is 80.3 Å². The number of ether oxygens (including phenoxy) is 1. The zero-order valence-corrected chi connectivity index (χ0v) is 16.3. The van der Waals surface area contributed by atoms with Crippen LogP contribution in [-0.2, 0) is 17.8 Å². The molecule has 30 heavy (non-hydrogen) atoms. The second-order valence-electron chi connectivity index (χ2n) is 6.65. The third-order valence-electron chi connectivity index (χ3n) is 4.03. The Labute approximate surface area is 170 Å². The Bertz CT molecular complexity index is 901. The molecule has 10 heteroatoms. The van der Waals surface area contributed by atoms with E-state index in [1.807, 2.05) is 0 Å². The van der Waals surface area contributed by atoms with E-state index in [4.69, 9.17) is 0 Å². The molecule has 1 aromatic heterocycles. The van der Waals surface area contributed by atoms with Gasteiger partial charge in [-0.05, 0) is 18.2 Å². The van der Waals surface area contributed by atoms with E-state index in [1.165, 1.54) is 24.4 Å². The molecule has 0 aliphatic carbocycles. The van der Waals surface area contributed by atoms with Crippen molar-refractivity contribution in [2.75, 3.05) is 6.54 Å². The molecule has 0 aliphatic rings. The van der Waals surface area contributed by atoms with Crippen LogP contribution in [0.25, 0.3) is 0 Å². The number of amides is 2. The van der Waals surface area contributed by atoms with Crippen molar-refractivity contribution in [3.05, 3.63) is 59.2 Å². The van der Waals surface area contributed by atoms with Crippen molar-refractivity contribution >= 4 is 11.8 Å². The Hall–Kier alpha value is -3.17. The SMILES string of the molecule is CC(C)C(=O)NCCc1ncccc1C(=O)NCc1cccc(OC(F)(F)F)c1F. The fourth-order valence-corrected chi connectivity index (χ4v) is 2.52. The molecule has 162 valence electrons. The van der Waals surface area contributed by atoms with Gasteiger partial charge in [-0.2, -0.15) is 0 Å². The third-order valence-corrected chi connectivity index (χ3v) is 4.03. The highest BCUT2D eigenvalue weighted by Crippen LogP contribution is 2.27. The molecular formula is C20H21F4N3O3. The minimum atomic E-state index is -5.03. The van der Waals surface area contributed by atoms with Crippen LogP contribution in [0.2, 0.25) is 0 Å². The van der Waals surface area contributed by atoms with Gasteiger partial charge in [-0.15, -0.1) is 13.2 Å². The van der Waals surface area contributed by atoms with Crippen molar-refractivity contribution in [3.8, 4) is 5.75 Å². The maximum atomic E-state index is 14.2. The number of carbonyl (C=O) groups excluding carboxylic acids is 2.